The minimum atomic E-state index is -3.63. The van der Waals surface area contributed by atoms with E-state index in [0.29, 0.717) is 19.7 Å². The molecular weight excluding hydrogens is 362 g/mol. The zero-order valence-corrected chi connectivity index (χ0v) is 16.2. The van der Waals surface area contributed by atoms with Crippen LogP contribution in [0.15, 0.2) is 53.4 Å². The van der Waals surface area contributed by atoms with Gasteiger partial charge in [0.15, 0.2) is 0 Å². The van der Waals surface area contributed by atoms with E-state index in [-0.39, 0.29) is 10.5 Å². The van der Waals surface area contributed by atoms with Crippen molar-refractivity contribution in [2.45, 2.75) is 11.8 Å². The van der Waals surface area contributed by atoms with Gasteiger partial charge in [-0.05, 0) is 36.8 Å². The third-order valence-electron chi connectivity index (χ3n) is 4.77. The van der Waals surface area contributed by atoms with Crippen LogP contribution in [0.1, 0.15) is 11.1 Å². The fourth-order valence-electron chi connectivity index (χ4n) is 3.23. The summed E-state index contributed by atoms with van der Waals surface area (Å²) in [7, 11) is -3.63. The van der Waals surface area contributed by atoms with Crippen molar-refractivity contribution in [3.63, 3.8) is 0 Å². The molecule has 142 valence electrons. The molecule has 27 heavy (non-hydrogen) atoms. The summed E-state index contributed by atoms with van der Waals surface area (Å²) in [5.41, 5.74) is 1.36. The van der Waals surface area contributed by atoms with Gasteiger partial charge in [-0.1, -0.05) is 24.3 Å². The first-order valence-electron chi connectivity index (χ1n) is 9.03. The maximum absolute atomic E-state index is 12.8. The molecule has 1 N–H and O–H groups in total. The highest BCUT2D eigenvalue weighted by Crippen LogP contribution is 2.19. The monoisotopic (exact) mass is 386 g/mol. The van der Waals surface area contributed by atoms with Gasteiger partial charge in [0.25, 0.3) is 0 Å². The molecule has 3 rings (SSSR count). The lowest BCUT2D eigenvalue weighted by atomic mass is 10.2. The predicted molar refractivity (Wildman–Crippen MR) is 102 cm³/mol. The van der Waals surface area contributed by atoms with Crippen molar-refractivity contribution in [1.82, 2.24) is 4.31 Å². The Morgan fingerprint density at radius 3 is 2.59 bits per heavy atom. The van der Waals surface area contributed by atoms with Gasteiger partial charge in [0.2, 0.25) is 10.0 Å². The van der Waals surface area contributed by atoms with E-state index in [4.69, 9.17) is 4.74 Å². The van der Waals surface area contributed by atoms with Gasteiger partial charge in [-0.3, -0.25) is 0 Å². The predicted octanol–water partition coefficient (Wildman–Crippen LogP) is 0.835. The van der Waals surface area contributed by atoms with Crippen LogP contribution in [0.25, 0.3) is 0 Å². The van der Waals surface area contributed by atoms with E-state index < -0.39 is 10.0 Å². The number of benzene rings is 2. The van der Waals surface area contributed by atoms with Gasteiger partial charge < -0.3 is 9.64 Å². The molecule has 2 aromatic rings. The summed E-state index contributed by atoms with van der Waals surface area (Å²) in [5, 5.41) is 9.18. The highest BCUT2D eigenvalue weighted by Gasteiger charge is 2.31. The van der Waals surface area contributed by atoms with Crippen molar-refractivity contribution in [1.29, 1.82) is 5.26 Å². The number of rotatable bonds is 6. The van der Waals surface area contributed by atoms with Gasteiger partial charge >= 0.3 is 0 Å². The summed E-state index contributed by atoms with van der Waals surface area (Å²) < 4.78 is 33.0. The molecule has 0 radical (unpaired) electrons. The Morgan fingerprint density at radius 2 is 1.89 bits per heavy atom. The van der Waals surface area contributed by atoms with Crippen molar-refractivity contribution >= 4 is 10.0 Å². The van der Waals surface area contributed by atoms with Crippen molar-refractivity contribution in [3.05, 3.63) is 59.7 Å². The van der Waals surface area contributed by atoms with Crippen molar-refractivity contribution in [2.75, 3.05) is 39.3 Å². The number of nitrogens with zero attached hydrogens (tertiary/aromatic N) is 2. The molecule has 1 heterocycles. The van der Waals surface area contributed by atoms with Crippen molar-refractivity contribution < 1.29 is 18.1 Å². The highest BCUT2D eigenvalue weighted by atomic mass is 32.2. The zero-order valence-electron chi connectivity index (χ0n) is 15.4. The number of ether oxygens (including phenoxy) is 1. The van der Waals surface area contributed by atoms with Gasteiger partial charge in [-0.15, -0.1) is 0 Å². The molecular formula is C20H24N3O3S+. The van der Waals surface area contributed by atoms with E-state index in [0.717, 1.165) is 30.9 Å². The number of aryl methyl sites for hydroxylation is 1. The van der Waals surface area contributed by atoms with E-state index in [9.17, 15) is 13.7 Å². The first kappa shape index (κ1) is 19.4. The summed E-state index contributed by atoms with van der Waals surface area (Å²) >= 11 is 0. The topological polar surface area (TPSA) is 74.8 Å². The van der Waals surface area contributed by atoms with Gasteiger partial charge in [-0.25, -0.2) is 8.42 Å². The molecule has 1 aliphatic rings. The van der Waals surface area contributed by atoms with E-state index in [1.165, 1.54) is 21.3 Å². The molecule has 0 unspecified atom stereocenters. The minimum absolute atomic E-state index is 0.0960. The SMILES string of the molecule is Cc1cccc(OCC[NH+]2CCN(S(=O)(=O)c3ccccc3C#N)CC2)c1. The Labute approximate surface area is 160 Å². The van der Waals surface area contributed by atoms with Gasteiger partial charge in [-0.2, -0.15) is 9.57 Å². The van der Waals surface area contributed by atoms with Crippen LogP contribution in [-0.2, 0) is 10.0 Å². The van der Waals surface area contributed by atoms with Crippen LogP contribution in [0, 0.1) is 18.3 Å². The second-order valence-corrected chi connectivity index (χ2v) is 8.58. The van der Waals surface area contributed by atoms with Gasteiger partial charge in [0, 0.05) is 0 Å². The number of hydrogen-bond acceptors (Lipinski definition) is 4. The molecule has 7 heteroatoms. The minimum Gasteiger partial charge on any atom is -0.488 e. The molecule has 0 saturated carbocycles. The van der Waals surface area contributed by atoms with Crippen molar-refractivity contribution in [3.8, 4) is 11.8 Å². The van der Waals surface area contributed by atoms with Crippen LogP contribution >= 0.6 is 0 Å². The third-order valence-corrected chi connectivity index (χ3v) is 6.73. The molecule has 0 aliphatic carbocycles. The van der Waals surface area contributed by atoms with Crippen LogP contribution in [0.3, 0.4) is 0 Å². The average molecular weight is 386 g/mol. The lowest BCUT2D eigenvalue weighted by Crippen LogP contribution is -3.15. The highest BCUT2D eigenvalue weighted by molar-refractivity contribution is 7.89. The molecule has 6 nitrogen and oxygen atoms in total. The molecule has 1 saturated heterocycles. The summed E-state index contributed by atoms with van der Waals surface area (Å²) in [6.07, 6.45) is 0. The van der Waals surface area contributed by atoms with Gasteiger partial charge in [0.05, 0.1) is 36.6 Å². The summed E-state index contributed by atoms with van der Waals surface area (Å²) in [4.78, 5) is 1.42. The maximum Gasteiger partial charge on any atom is 0.244 e. The van der Waals surface area contributed by atoms with E-state index >= 15 is 0 Å². The number of nitriles is 1. The second kappa shape index (κ2) is 8.53. The average Bonchev–Trinajstić information content (AvgIpc) is 2.68. The molecule has 0 amide bonds. The molecule has 0 aromatic heterocycles. The Morgan fingerprint density at radius 1 is 1.15 bits per heavy atom. The lowest BCUT2D eigenvalue weighted by Gasteiger charge is -2.31. The quantitative estimate of drug-likeness (QED) is 0.798. The van der Waals surface area contributed by atoms with Crippen molar-refractivity contribution in [2.24, 2.45) is 0 Å². The Bertz CT molecular complexity index is 929. The fraction of sp³-hybridized carbons (Fsp3) is 0.350. The first-order valence-corrected chi connectivity index (χ1v) is 10.5. The summed E-state index contributed by atoms with van der Waals surface area (Å²) in [6, 6.07) is 16.3. The standard InChI is InChI=1S/C20H23N3O3S/c1-17-5-4-7-19(15-17)26-14-13-22-9-11-23(12-10-22)27(24,25)20-8-3-2-6-18(20)16-21/h2-8,15H,9-14H2,1H3/p+1. The number of piperazine rings is 1. The Hall–Kier alpha value is -2.40. The summed E-state index contributed by atoms with van der Waals surface area (Å²) in [6.45, 7) is 5.81. The van der Waals surface area contributed by atoms with Crippen LogP contribution in [0.4, 0.5) is 0 Å². The third kappa shape index (κ3) is 4.66. The number of sulfonamides is 1. The van der Waals surface area contributed by atoms with E-state index in [2.05, 4.69) is 0 Å². The lowest BCUT2D eigenvalue weighted by molar-refractivity contribution is -0.903. The zero-order chi connectivity index (χ0) is 19.3. The number of nitrogens with one attached hydrogen (secondary N) is 1. The van der Waals surface area contributed by atoms with E-state index in [1.54, 1.807) is 12.1 Å². The molecule has 0 spiro atoms. The molecule has 0 bridgehead atoms. The summed E-state index contributed by atoms with van der Waals surface area (Å²) in [5.74, 6) is 0.865. The number of hydrogen-bond donors (Lipinski definition) is 1. The normalized spacial score (nSPS) is 16.0. The maximum atomic E-state index is 12.8. The second-order valence-electron chi connectivity index (χ2n) is 6.68. The first-order chi connectivity index (χ1) is 13.0. The van der Waals surface area contributed by atoms with Crippen LogP contribution in [-0.4, -0.2) is 52.1 Å². The largest absolute Gasteiger partial charge is 0.488 e. The number of quaternary nitrogens is 1. The fourth-order valence-corrected chi connectivity index (χ4v) is 4.82. The molecule has 2 aromatic carbocycles. The van der Waals surface area contributed by atoms with Gasteiger partial charge in [0.1, 0.15) is 25.0 Å². The molecule has 1 aliphatic heterocycles. The Kier molecular flexibility index (Phi) is 6.11. The molecule has 0 atom stereocenters. The van der Waals surface area contributed by atoms with Crippen LogP contribution in [0.5, 0.6) is 5.75 Å². The molecule has 1 fully saturated rings. The Balaban J connectivity index is 1.53. The van der Waals surface area contributed by atoms with Crippen LogP contribution < -0.4 is 9.64 Å². The van der Waals surface area contributed by atoms with Crippen LogP contribution in [0.2, 0.25) is 0 Å². The van der Waals surface area contributed by atoms with E-state index in [1.807, 2.05) is 37.3 Å². The smallest absolute Gasteiger partial charge is 0.244 e.